The van der Waals surface area contributed by atoms with Crippen LogP contribution in [0.4, 0.5) is 0 Å². The molecule has 1 fully saturated rings. The quantitative estimate of drug-likeness (QED) is 0.263. The van der Waals surface area contributed by atoms with E-state index in [0.717, 1.165) is 42.8 Å². The van der Waals surface area contributed by atoms with E-state index in [4.69, 9.17) is 34.2 Å². The summed E-state index contributed by atoms with van der Waals surface area (Å²) < 4.78 is 27.6. The van der Waals surface area contributed by atoms with Gasteiger partial charge >= 0.3 is 0 Å². The Morgan fingerprint density at radius 2 is 1.89 bits per heavy atom. The molecule has 0 spiro atoms. The molecule has 0 unspecified atom stereocenters. The highest BCUT2D eigenvalue weighted by Crippen LogP contribution is 2.39. The largest absolute Gasteiger partial charge is 0.493 e. The van der Waals surface area contributed by atoms with Gasteiger partial charge in [-0.25, -0.2) is 0 Å². The molecule has 3 N–H and O–H groups in total. The lowest BCUT2D eigenvalue weighted by atomic mass is 9.84. The molecule has 0 saturated carbocycles. The number of piperidine rings is 1. The summed E-state index contributed by atoms with van der Waals surface area (Å²) in [5, 5.41) is 27.3. The lowest BCUT2D eigenvalue weighted by Crippen LogP contribution is -2.43. The summed E-state index contributed by atoms with van der Waals surface area (Å²) >= 11 is 0. The van der Waals surface area contributed by atoms with Gasteiger partial charge in [0, 0.05) is 32.6 Å². The first-order chi connectivity index (χ1) is 16.9. The zero-order valence-electron chi connectivity index (χ0n) is 19.6. The van der Waals surface area contributed by atoms with Gasteiger partial charge in [0.25, 0.3) is 5.90 Å². The van der Waals surface area contributed by atoms with Gasteiger partial charge in [-0.3, -0.25) is 10.8 Å². The molecule has 3 heterocycles. The molecule has 0 atom stereocenters. The van der Waals surface area contributed by atoms with Crippen molar-refractivity contribution < 1.29 is 28.5 Å². The maximum atomic E-state index is 11.2. The molecule has 0 radical (unpaired) electrons. The van der Waals surface area contributed by atoms with Crippen molar-refractivity contribution in [3.63, 3.8) is 0 Å². The number of fused-ring (bicyclic) bond motifs is 2. The molecular weight excluding hydrogens is 450 g/mol. The number of furan rings is 1. The molecular formula is C26H29N3O6. The Labute approximate surface area is 203 Å². The molecule has 9 heteroatoms. The number of aliphatic hydroxyl groups is 1. The summed E-state index contributed by atoms with van der Waals surface area (Å²) in [6.07, 6.45) is 2.16. The van der Waals surface area contributed by atoms with E-state index >= 15 is 0 Å². The first-order valence-corrected chi connectivity index (χ1v) is 11.7. The minimum Gasteiger partial charge on any atom is -0.493 e. The highest BCUT2D eigenvalue weighted by atomic mass is 16.7. The van der Waals surface area contributed by atoms with Crippen molar-refractivity contribution >= 4 is 22.8 Å². The Morgan fingerprint density at radius 1 is 1.09 bits per heavy atom. The monoisotopic (exact) mass is 479 g/mol. The maximum Gasteiger partial charge on any atom is 0.256 e. The Kier molecular flexibility index (Phi) is 6.36. The summed E-state index contributed by atoms with van der Waals surface area (Å²) in [6.45, 7) is 4.72. The third-order valence-electron chi connectivity index (χ3n) is 6.47. The van der Waals surface area contributed by atoms with Crippen molar-refractivity contribution in [2.24, 2.45) is 0 Å². The molecule has 9 nitrogen and oxygen atoms in total. The molecule has 2 aliphatic heterocycles. The number of ether oxygens (including phenoxy) is 4. The maximum absolute atomic E-state index is 11.2. The third kappa shape index (κ3) is 4.96. The first kappa shape index (κ1) is 23.2. The van der Waals surface area contributed by atoms with E-state index in [1.807, 2.05) is 36.4 Å². The van der Waals surface area contributed by atoms with E-state index in [1.165, 1.54) is 6.92 Å². The second-order valence-electron chi connectivity index (χ2n) is 8.91. The number of likely N-dealkylation sites (tertiary alicyclic amines) is 1. The molecule has 3 aromatic rings. The van der Waals surface area contributed by atoms with Crippen LogP contribution in [0.25, 0.3) is 11.0 Å². The van der Waals surface area contributed by atoms with Crippen molar-refractivity contribution in [2.45, 2.75) is 31.8 Å². The highest BCUT2D eigenvalue weighted by molar-refractivity contribution is 6.00. The van der Waals surface area contributed by atoms with Crippen molar-refractivity contribution in [3.05, 3.63) is 53.8 Å². The number of rotatable bonds is 7. The smallest absolute Gasteiger partial charge is 0.256 e. The Balaban J connectivity index is 1.12. The average Bonchev–Trinajstić information content (AvgIpc) is 3.49. The molecule has 0 bridgehead atoms. The second-order valence-corrected chi connectivity index (χ2v) is 8.91. The zero-order valence-corrected chi connectivity index (χ0v) is 19.6. The molecule has 0 amide bonds. The van der Waals surface area contributed by atoms with Crippen molar-refractivity contribution in [1.29, 1.82) is 10.8 Å². The Bertz CT molecular complexity index is 1250. The number of hydrogen-bond donors (Lipinski definition) is 3. The lowest BCUT2D eigenvalue weighted by Gasteiger charge is -2.38. The first-order valence-electron chi connectivity index (χ1n) is 11.7. The number of benzene rings is 2. The number of nitrogens with one attached hydrogen (secondary N) is 2. The second kappa shape index (κ2) is 9.59. The van der Waals surface area contributed by atoms with Crippen LogP contribution in [0, 0.1) is 10.8 Å². The fourth-order valence-corrected chi connectivity index (χ4v) is 4.57. The highest BCUT2D eigenvalue weighted by Gasteiger charge is 2.35. The number of hydrogen-bond acceptors (Lipinski definition) is 9. The van der Waals surface area contributed by atoms with Gasteiger partial charge in [0.05, 0.1) is 17.6 Å². The topological polar surface area (TPSA) is 121 Å². The van der Waals surface area contributed by atoms with Gasteiger partial charge in [-0.2, -0.15) is 0 Å². The van der Waals surface area contributed by atoms with Crippen molar-refractivity contribution in [1.82, 2.24) is 4.90 Å². The van der Waals surface area contributed by atoms with Gasteiger partial charge in [0.2, 0.25) is 6.79 Å². The molecule has 2 aliphatic rings. The minimum absolute atomic E-state index is 0.0704. The van der Waals surface area contributed by atoms with Gasteiger partial charge in [-0.15, -0.1) is 0 Å². The third-order valence-corrected chi connectivity index (χ3v) is 6.47. The van der Waals surface area contributed by atoms with Gasteiger partial charge in [0.15, 0.2) is 23.2 Å². The fourth-order valence-electron chi connectivity index (χ4n) is 4.57. The molecule has 1 aromatic heterocycles. The van der Waals surface area contributed by atoms with Crippen LogP contribution in [-0.4, -0.2) is 54.8 Å². The zero-order chi connectivity index (χ0) is 24.4. The Hall–Kier alpha value is -3.56. The van der Waals surface area contributed by atoms with Crippen LogP contribution in [-0.2, 0) is 10.3 Å². The van der Waals surface area contributed by atoms with E-state index < -0.39 is 5.60 Å². The molecule has 0 aliphatic carbocycles. The van der Waals surface area contributed by atoms with E-state index in [2.05, 4.69) is 4.90 Å². The molecule has 35 heavy (non-hydrogen) atoms. The molecule has 5 rings (SSSR count). The fraction of sp³-hybridized carbons (Fsp3) is 0.385. The Morgan fingerprint density at radius 3 is 2.69 bits per heavy atom. The van der Waals surface area contributed by atoms with E-state index in [9.17, 15) is 5.11 Å². The summed E-state index contributed by atoms with van der Waals surface area (Å²) in [5.41, 5.74) is 0.634. The van der Waals surface area contributed by atoms with Gasteiger partial charge in [-0.05, 0) is 49.1 Å². The molecule has 1 saturated heterocycles. The standard InChI is InChI=1S/C26H29N3O6/c1-17(27)34-25(28)24-15-19-20(4-2-5-21(19)35-24)31-13-3-10-29-11-8-26(30,9-12-29)18-6-7-22-23(14-18)33-16-32-22/h2,4-7,14-15,27-28,30H,3,8-13,16H2,1H3. The van der Waals surface area contributed by atoms with Crippen LogP contribution in [0.5, 0.6) is 17.2 Å². The van der Waals surface area contributed by atoms with E-state index in [1.54, 1.807) is 6.07 Å². The van der Waals surface area contributed by atoms with Crippen LogP contribution in [0.2, 0.25) is 0 Å². The van der Waals surface area contributed by atoms with Crippen LogP contribution < -0.4 is 14.2 Å². The lowest BCUT2D eigenvalue weighted by molar-refractivity contribution is -0.0265. The van der Waals surface area contributed by atoms with Gasteiger partial charge in [0.1, 0.15) is 11.3 Å². The van der Waals surface area contributed by atoms with Gasteiger partial charge in [-0.1, -0.05) is 12.1 Å². The predicted molar refractivity (Wildman–Crippen MR) is 130 cm³/mol. The van der Waals surface area contributed by atoms with Crippen LogP contribution in [0.1, 0.15) is 37.5 Å². The normalized spacial score (nSPS) is 16.9. The predicted octanol–water partition coefficient (Wildman–Crippen LogP) is 4.25. The number of nitrogens with zero attached hydrogens (tertiary/aromatic N) is 1. The van der Waals surface area contributed by atoms with Crippen LogP contribution in [0.15, 0.2) is 46.9 Å². The van der Waals surface area contributed by atoms with E-state index in [-0.39, 0.29) is 24.3 Å². The van der Waals surface area contributed by atoms with Crippen molar-refractivity contribution in [3.8, 4) is 17.2 Å². The molecule has 184 valence electrons. The summed E-state index contributed by atoms with van der Waals surface area (Å²) in [4.78, 5) is 2.35. The minimum atomic E-state index is -0.851. The molecule has 2 aromatic carbocycles. The van der Waals surface area contributed by atoms with Crippen molar-refractivity contribution in [2.75, 3.05) is 33.0 Å². The van der Waals surface area contributed by atoms with Crippen LogP contribution >= 0.6 is 0 Å². The summed E-state index contributed by atoms with van der Waals surface area (Å²) in [5.74, 6) is 2.10. The summed E-state index contributed by atoms with van der Waals surface area (Å²) in [7, 11) is 0. The SMILES string of the molecule is CC(=N)OC(=N)c1cc2c(OCCCN3CCC(O)(c4ccc5c(c4)OCO5)CC3)cccc2o1. The average molecular weight is 480 g/mol. The summed E-state index contributed by atoms with van der Waals surface area (Å²) in [6, 6.07) is 12.9. The van der Waals surface area contributed by atoms with E-state index in [0.29, 0.717) is 36.5 Å². The van der Waals surface area contributed by atoms with Crippen LogP contribution in [0.3, 0.4) is 0 Å². The van der Waals surface area contributed by atoms with Gasteiger partial charge < -0.3 is 33.4 Å².